The zero-order valence-electron chi connectivity index (χ0n) is 17.4. The van der Waals surface area contributed by atoms with E-state index in [4.69, 9.17) is 15.0 Å². The van der Waals surface area contributed by atoms with Crippen LogP contribution in [0, 0.1) is 0 Å². The van der Waals surface area contributed by atoms with Crippen LogP contribution in [-0.4, -0.2) is 73.6 Å². The molecule has 15 heteroatoms. The van der Waals surface area contributed by atoms with E-state index in [0.717, 1.165) is 28.0 Å². The van der Waals surface area contributed by atoms with Crippen molar-refractivity contribution in [3.63, 3.8) is 0 Å². The normalized spacial score (nSPS) is 20.0. The second-order valence-electron chi connectivity index (χ2n) is 6.87. The quantitative estimate of drug-likeness (QED) is 0.255. The van der Waals surface area contributed by atoms with E-state index < -0.39 is 29.2 Å². The Bertz CT molecular complexity index is 1210. The first-order valence-electron chi connectivity index (χ1n) is 9.55. The lowest BCUT2D eigenvalue weighted by atomic mass is 10.0. The maximum absolute atomic E-state index is 12.8. The number of carbonyl (C=O) groups is 4. The van der Waals surface area contributed by atoms with Crippen LogP contribution in [0.1, 0.15) is 16.2 Å². The lowest BCUT2D eigenvalue weighted by Gasteiger charge is -2.49. The number of nitrogens with one attached hydrogen (secondary N) is 1. The second-order valence-corrected chi connectivity index (χ2v) is 9.81. The maximum Gasteiger partial charge on any atom is 0.352 e. The number of nitrogens with zero attached hydrogens (tertiary/aromatic N) is 3. The number of oxime groups is 1. The Kier molecular flexibility index (Phi) is 6.95. The molecule has 0 radical (unpaired) electrons. The Morgan fingerprint density at radius 3 is 2.88 bits per heavy atom. The van der Waals surface area contributed by atoms with Crippen LogP contribution < -0.4 is 11.1 Å². The van der Waals surface area contributed by atoms with Crippen molar-refractivity contribution < 1.29 is 33.5 Å². The van der Waals surface area contributed by atoms with Crippen molar-refractivity contribution >= 4 is 68.6 Å². The first kappa shape index (κ1) is 23.8. The fourth-order valence-electron chi connectivity index (χ4n) is 3.31. The SMILES string of the molecule is CO/N=C(\C(=O)N[C@@H]1C(=O)N2C(C(=O)O)=C(CSC(=O)c3ccco3)CSC12)c1csc(N)n1. The third-order valence-corrected chi connectivity index (χ3v) is 7.77. The molecule has 2 aromatic heterocycles. The lowest BCUT2D eigenvalue weighted by Crippen LogP contribution is -2.71. The van der Waals surface area contributed by atoms with Crippen molar-refractivity contribution in [2.45, 2.75) is 11.4 Å². The summed E-state index contributed by atoms with van der Waals surface area (Å²) in [6.45, 7) is 0. The van der Waals surface area contributed by atoms with Gasteiger partial charge in [-0.05, 0) is 17.7 Å². The molecule has 178 valence electrons. The molecule has 34 heavy (non-hydrogen) atoms. The van der Waals surface area contributed by atoms with Gasteiger partial charge in [0.2, 0.25) is 0 Å². The Labute approximate surface area is 204 Å². The number of thioether (sulfide) groups is 2. The molecule has 2 atom stereocenters. The van der Waals surface area contributed by atoms with Gasteiger partial charge < -0.3 is 25.4 Å². The molecule has 0 saturated carbocycles. The van der Waals surface area contributed by atoms with E-state index >= 15 is 0 Å². The van der Waals surface area contributed by atoms with Crippen LogP contribution in [0.5, 0.6) is 0 Å². The Morgan fingerprint density at radius 1 is 1.47 bits per heavy atom. The number of carbonyl (C=O) groups excluding carboxylic acids is 3. The van der Waals surface area contributed by atoms with Gasteiger partial charge in [-0.2, -0.15) is 0 Å². The van der Waals surface area contributed by atoms with Gasteiger partial charge in [0.15, 0.2) is 16.6 Å². The highest BCUT2D eigenvalue weighted by atomic mass is 32.2. The van der Waals surface area contributed by atoms with Gasteiger partial charge in [0.05, 0.1) is 6.26 Å². The van der Waals surface area contributed by atoms with Gasteiger partial charge in [0.1, 0.15) is 29.9 Å². The summed E-state index contributed by atoms with van der Waals surface area (Å²) >= 11 is 3.29. The van der Waals surface area contributed by atoms with Crippen LogP contribution in [0.15, 0.2) is 44.6 Å². The average Bonchev–Trinajstić information content (AvgIpc) is 3.50. The summed E-state index contributed by atoms with van der Waals surface area (Å²) in [6.07, 6.45) is 1.37. The molecule has 2 aliphatic heterocycles. The van der Waals surface area contributed by atoms with E-state index in [0.29, 0.717) is 5.57 Å². The number of furan rings is 1. The number of nitrogen functional groups attached to an aromatic ring is 1. The first-order valence-corrected chi connectivity index (χ1v) is 12.5. The third-order valence-electron chi connectivity index (χ3n) is 4.80. The number of carboxylic acids is 1. The van der Waals surface area contributed by atoms with Crippen molar-refractivity contribution in [2.24, 2.45) is 5.16 Å². The minimum Gasteiger partial charge on any atom is -0.477 e. The number of thiazole rings is 1. The molecule has 1 fully saturated rings. The highest BCUT2D eigenvalue weighted by molar-refractivity contribution is 8.14. The van der Waals surface area contributed by atoms with Gasteiger partial charge >= 0.3 is 5.97 Å². The van der Waals surface area contributed by atoms with Gasteiger partial charge in [0, 0.05) is 16.9 Å². The van der Waals surface area contributed by atoms with E-state index in [1.807, 2.05) is 0 Å². The van der Waals surface area contributed by atoms with Crippen molar-refractivity contribution in [1.82, 2.24) is 15.2 Å². The predicted octanol–water partition coefficient (Wildman–Crippen LogP) is 0.981. The summed E-state index contributed by atoms with van der Waals surface area (Å²) in [6, 6.07) is 2.13. The molecule has 0 spiro atoms. The minimum atomic E-state index is -1.29. The molecule has 4 N–H and O–H groups in total. The fraction of sp³-hybridized carbons (Fsp3) is 0.263. The number of amides is 2. The molecular weight excluding hydrogens is 506 g/mol. The zero-order chi connectivity index (χ0) is 24.4. The number of aromatic nitrogens is 1. The van der Waals surface area contributed by atoms with Crippen LogP contribution in [0.25, 0.3) is 0 Å². The van der Waals surface area contributed by atoms with Crippen molar-refractivity contribution in [3.8, 4) is 0 Å². The third kappa shape index (κ3) is 4.53. The first-order chi connectivity index (χ1) is 16.3. The number of nitrogens with two attached hydrogens (primary N) is 1. The Hall–Kier alpha value is -3.30. The Morgan fingerprint density at radius 2 is 2.26 bits per heavy atom. The predicted molar refractivity (Wildman–Crippen MR) is 125 cm³/mol. The Balaban J connectivity index is 1.47. The number of carboxylic acid groups (broad SMARTS) is 1. The molecule has 2 aliphatic rings. The molecule has 0 aliphatic carbocycles. The zero-order valence-corrected chi connectivity index (χ0v) is 19.9. The summed E-state index contributed by atoms with van der Waals surface area (Å²) in [7, 11) is 1.26. The number of rotatable bonds is 8. The molecule has 2 aromatic rings. The summed E-state index contributed by atoms with van der Waals surface area (Å²) < 4.78 is 5.05. The van der Waals surface area contributed by atoms with Crippen molar-refractivity contribution in [3.05, 3.63) is 46.5 Å². The van der Waals surface area contributed by atoms with E-state index in [9.17, 15) is 24.3 Å². The van der Waals surface area contributed by atoms with Gasteiger partial charge in [-0.15, -0.1) is 23.1 Å². The number of aliphatic carboxylic acids is 1. The van der Waals surface area contributed by atoms with Crippen LogP contribution in [0.4, 0.5) is 5.13 Å². The topological polar surface area (TPSA) is 177 Å². The summed E-state index contributed by atoms with van der Waals surface area (Å²) in [5.74, 6) is -2.08. The molecule has 0 bridgehead atoms. The molecule has 12 nitrogen and oxygen atoms in total. The summed E-state index contributed by atoms with van der Waals surface area (Å²) in [5, 5.41) is 16.8. The second kappa shape index (κ2) is 9.90. The average molecular weight is 524 g/mol. The molecular formula is C19H17N5O7S3. The number of fused-ring (bicyclic) bond motifs is 1. The standard InChI is InChI=1S/C19H17N5O7S3/c1-30-23-11(9-7-34-19(20)21-9)14(25)22-12-15(26)24-13(17(27)28)8(5-32-16(12)24)6-33-18(29)10-3-2-4-31-10/h2-4,7,12,16H,5-6H2,1H3,(H2,20,21)(H,22,25)(H,27,28)/b23-11-/t12-,16?/m1/s1. The van der Waals surface area contributed by atoms with Crippen LogP contribution in [0.3, 0.4) is 0 Å². The monoisotopic (exact) mass is 523 g/mol. The largest absolute Gasteiger partial charge is 0.477 e. The van der Waals surface area contributed by atoms with E-state index in [2.05, 4.69) is 15.5 Å². The van der Waals surface area contributed by atoms with E-state index in [-0.39, 0.29) is 44.6 Å². The molecule has 1 saturated heterocycles. The van der Waals surface area contributed by atoms with Crippen molar-refractivity contribution in [1.29, 1.82) is 0 Å². The number of hydrogen-bond donors (Lipinski definition) is 3. The summed E-state index contributed by atoms with van der Waals surface area (Å²) in [5.41, 5.74) is 5.89. The van der Waals surface area contributed by atoms with Gasteiger partial charge in [0.25, 0.3) is 16.9 Å². The highest BCUT2D eigenvalue weighted by Crippen LogP contribution is 2.41. The smallest absolute Gasteiger partial charge is 0.352 e. The van der Waals surface area contributed by atoms with Gasteiger partial charge in [-0.3, -0.25) is 19.3 Å². The fourth-order valence-corrected chi connectivity index (χ4v) is 6.14. The molecule has 2 amide bonds. The van der Waals surface area contributed by atoms with Gasteiger partial charge in [-0.1, -0.05) is 16.9 Å². The molecule has 4 heterocycles. The summed E-state index contributed by atoms with van der Waals surface area (Å²) in [4.78, 5) is 59.6. The van der Waals surface area contributed by atoms with Gasteiger partial charge in [-0.25, -0.2) is 9.78 Å². The molecule has 1 unspecified atom stereocenters. The van der Waals surface area contributed by atoms with Crippen LogP contribution in [0.2, 0.25) is 0 Å². The lowest BCUT2D eigenvalue weighted by molar-refractivity contribution is -0.150. The molecule has 4 rings (SSSR count). The van der Waals surface area contributed by atoms with E-state index in [1.54, 1.807) is 6.07 Å². The van der Waals surface area contributed by atoms with Crippen LogP contribution >= 0.6 is 34.9 Å². The van der Waals surface area contributed by atoms with Crippen molar-refractivity contribution in [2.75, 3.05) is 24.3 Å². The van der Waals surface area contributed by atoms with E-state index in [1.165, 1.54) is 36.6 Å². The highest BCUT2D eigenvalue weighted by Gasteiger charge is 2.54. The number of hydrogen-bond acceptors (Lipinski definition) is 12. The molecule has 0 aromatic carbocycles. The number of β-lactam (4-membered cyclic amide) rings is 1. The van der Waals surface area contributed by atoms with Crippen LogP contribution in [-0.2, 0) is 19.2 Å². The number of anilines is 1. The maximum atomic E-state index is 12.8. The minimum absolute atomic E-state index is 0.0809.